The monoisotopic (exact) mass is 307 g/mol. The van der Waals surface area contributed by atoms with Crippen LogP contribution >= 0.6 is 0 Å². The zero-order chi connectivity index (χ0) is 16.6. The quantitative estimate of drug-likeness (QED) is 0.617. The maximum atomic E-state index is 11.7. The molecule has 122 valence electrons. The van der Waals surface area contributed by atoms with Crippen LogP contribution in [0.1, 0.15) is 52.1 Å². The fourth-order valence-corrected chi connectivity index (χ4v) is 1.78. The summed E-state index contributed by atoms with van der Waals surface area (Å²) in [7, 11) is 0. The lowest BCUT2D eigenvalue weighted by atomic mass is 10.1. The van der Waals surface area contributed by atoms with Crippen molar-refractivity contribution in [2.75, 3.05) is 6.61 Å². The topological polar surface area (TPSA) is 64.6 Å². The van der Waals surface area contributed by atoms with E-state index in [9.17, 15) is 9.59 Å². The van der Waals surface area contributed by atoms with Gasteiger partial charge in [0.05, 0.1) is 12.6 Å². The zero-order valence-corrected chi connectivity index (χ0v) is 13.7. The van der Waals surface area contributed by atoms with E-state index < -0.39 is 11.7 Å². The Morgan fingerprint density at radius 3 is 2.45 bits per heavy atom. The van der Waals surface area contributed by atoms with Crippen LogP contribution in [0.25, 0.3) is 0 Å². The molecule has 0 spiro atoms. The Morgan fingerprint density at radius 1 is 1.27 bits per heavy atom. The average Bonchev–Trinajstić information content (AvgIpc) is 2.42. The molecule has 1 atom stereocenters. The molecular formula is C17H25NO4. The van der Waals surface area contributed by atoms with Crippen molar-refractivity contribution >= 4 is 12.4 Å². The molecule has 0 radical (unpaired) electrons. The SMILES string of the molecule is C[C@H](NC(=O)OC(C)(C)C)c1ccc(OCCCC=O)cc1. The maximum Gasteiger partial charge on any atom is 0.408 e. The molecule has 5 nitrogen and oxygen atoms in total. The normalized spacial score (nSPS) is 12.4. The van der Waals surface area contributed by atoms with E-state index in [4.69, 9.17) is 9.47 Å². The second-order valence-electron chi connectivity index (χ2n) is 6.09. The molecule has 1 aromatic rings. The van der Waals surface area contributed by atoms with Crippen LogP contribution in [-0.4, -0.2) is 24.6 Å². The van der Waals surface area contributed by atoms with Crippen molar-refractivity contribution in [3.05, 3.63) is 29.8 Å². The lowest BCUT2D eigenvalue weighted by Crippen LogP contribution is -2.34. The average molecular weight is 307 g/mol. The van der Waals surface area contributed by atoms with Crippen LogP contribution in [0.3, 0.4) is 0 Å². The van der Waals surface area contributed by atoms with Crippen LogP contribution in [0.4, 0.5) is 4.79 Å². The van der Waals surface area contributed by atoms with Crippen molar-refractivity contribution in [3.63, 3.8) is 0 Å². The fourth-order valence-electron chi connectivity index (χ4n) is 1.78. The van der Waals surface area contributed by atoms with Crippen molar-refractivity contribution in [1.82, 2.24) is 5.32 Å². The first kappa shape index (κ1) is 18.0. The van der Waals surface area contributed by atoms with E-state index in [1.165, 1.54) is 0 Å². The van der Waals surface area contributed by atoms with Gasteiger partial charge in [0, 0.05) is 6.42 Å². The number of alkyl carbamates (subject to hydrolysis) is 1. The Morgan fingerprint density at radius 2 is 1.91 bits per heavy atom. The van der Waals surface area contributed by atoms with E-state index in [2.05, 4.69) is 5.32 Å². The molecule has 0 aliphatic heterocycles. The minimum absolute atomic E-state index is 0.154. The second kappa shape index (κ2) is 8.41. The van der Waals surface area contributed by atoms with Crippen LogP contribution in [0, 0.1) is 0 Å². The summed E-state index contributed by atoms with van der Waals surface area (Å²) in [5.74, 6) is 0.749. The molecular weight excluding hydrogens is 282 g/mol. The van der Waals surface area contributed by atoms with Gasteiger partial charge in [-0.1, -0.05) is 12.1 Å². The van der Waals surface area contributed by atoms with Gasteiger partial charge in [0.15, 0.2) is 0 Å². The van der Waals surface area contributed by atoms with Crippen LogP contribution in [-0.2, 0) is 9.53 Å². The molecule has 1 N–H and O–H groups in total. The molecule has 0 aliphatic rings. The van der Waals surface area contributed by atoms with E-state index >= 15 is 0 Å². The number of aldehydes is 1. The van der Waals surface area contributed by atoms with Crippen LogP contribution < -0.4 is 10.1 Å². The largest absolute Gasteiger partial charge is 0.494 e. The van der Waals surface area contributed by atoms with Gasteiger partial charge < -0.3 is 19.6 Å². The predicted molar refractivity (Wildman–Crippen MR) is 85.0 cm³/mol. The highest BCUT2D eigenvalue weighted by molar-refractivity contribution is 5.68. The van der Waals surface area contributed by atoms with Gasteiger partial charge in [0.2, 0.25) is 0 Å². The number of amides is 1. The first-order chi connectivity index (χ1) is 10.3. The van der Waals surface area contributed by atoms with Crippen molar-refractivity contribution < 1.29 is 19.1 Å². The van der Waals surface area contributed by atoms with Gasteiger partial charge in [-0.2, -0.15) is 0 Å². The zero-order valence-electron chi connectivity index (χ0n) is 13.7. The Hall–Kier alpha value is -2.04. The summed E-state index contributed by atoms with van der Waals surface area (Å²) in [6.45, 7) is 7.89. The van der Waals surface area contributed by atoms with Crippen LogP contribution in [0.5, 0.6) is 5.75 Å². The number of hydrogen-bond acceptors (Lipinski definition) is 4. The summed E-state index contributed by atoms with van der Waals surface area (Å²) in [4.78, 5) is 21.9. The third-order valence-electron chi connectivity index (χ3n) is 2.85. The third kappa shape index (κ3) is 7.11. The Balaban J connectivity index is 2.48. The molecule has 1 rings (SSSR count). The van der Waals surface area contributed by atoms with E-state index in [1.54, 1.807) is 0 Å². The van der Waals surface area contributed by atoms with Gasteiger partial charge in [-0.05, 0) is 51.8 Å². The van der Waals surface area contributed by atoms with Crippen LogP contribution in [0.15, 0.2) is 24.3 Å². The molecule has 0 fully saturated rings. The molecule has 0 aromatic heterocycles. The highest BCUT2D eigenvalue weighted by Crippen LogP contribution is 2.18. The smallest absolute Gasteiger partial charge is 0.408 e. The van der Waals surface area contributed by atoms with E-state index in [-0.39, 0.29) is 6.04 Å². The molecule has 5 heteroatoms. The summed E-state index contributed by atoms with van der Waals surface area (Å²) in [6.07, 6.45) is 1.67. The molecule has 0 saturated heterocycles. The highest BCUT2D eigenvalue weighted by Gasteiger charge is 2.18. The van der Waals surface area contributed by atoms with Gasteiger partial charge in [0.1, 0.15) is 17.6 Å². The van der Waals surface area contributed by atoms with Crippen molar-refractivity contribution in [2.45, 2.75) is 52.2 Å². The molecule has 0 unspecified atom stereocenters. The number of nitrogens with one attached hydrogen (secondary N) is 1. The number of rotatable bonds is 7. The highest BCUT2D eigenvalue weighted by atomic mass is 16.6. The first-order valence-corrected chi connectivity index (χ1v) is 7.48. The standard InChI is InChI=1S/C17H25NO4/c1-13(18-16(20)22-17(2,3)4)14-7-9-15(10-8-14)21-12-6-5-11-19/h7-11,13H,5-6,12H2,1-4H3,(H,18,20)/t13-/m0/s1. The number of ether oxygens (including phenoxy) is 2. The summed E-state index contributed by atoms with van der Waals surface area (Å²) >= 11 is 0. The van der Waals surface area contributed by atoms with E-state index in [0.717, 1.165) is 17.6 Å². The first-order valence-electron chi connectivity index (χ1n) is 7.48. The lowest BCUT2D eigenvalue weighted by molar-refractivity contribution is -0.108. The molecule has 0 aliphatic carbocycles. The number of carbonyl (C=O) groups excluding carboxylic acids is 2. The van der Waals surface area contributed by atoms with Crippen molar-refractivity contribution in [3.8, 4) is 5.75 Å². The minimum atomic E-state index is -0.511. The number of unbranched alkanes of at least 4 members (excludes halogenated alkanes) is 1. The van der Waals surface area contributed by atoms with E-state index in [0.29, 0.717) is 19.4 Å². The summed E-state index contributed by atoms with van der Waals surface area (Å²) < 4.78 is 10.7. The number of carbonyl (C=O) groups is 2. The molecule has 1 aromatic carbocycles. The fraction of sp³-hybridized carbons (Fsp3) is 0.529. The molecule has 0 saturated carbocycles. The van der Waals surface area contributed by atoms with Gasteiger partial charge in [-0.15, -0.1) is 0 Å². The lowest BCUT2D eigenvalue weighted by Gasteiger charge is -2.22. The summed E-state index contributed by atoms with van der Waals surface area (Å²) in [6, 6.07) is 7.35. The number of benzene rings is 1. The van der Waals surface area contributed by atoms with Gasteiger partial charge >= 0.3 is 6.09 Å². The van der Waals surface area contributed by atoms with Gasteiger partial charge in [-0.3, -0.25) is 0 Å². The molecule has 0 heterocycles. The molecule has 0 bridgehead atoms. The molecule has 1 amide bonds. The van der Waals surface area contributed by atoms with Crippen molar-refractivity contribution in [2.24, 2.45) is 0 Å². The predicted octanol–water partition coefficient (Wildman–Crippen LogP) is 3.63. The molecule has 22 heavy (non-hydrogen) atoms. The van der Waals surface area contributed by atoms with Crippen LogP contribution in [0.2, 0.25) is 0 Å². The van der Waals surface area contributed by atoms with E-state index in [1.807, 2.05) is 52.0 Å². The summed E-state index contributed by atoms with van der Waals surface area (Å²) in [5, 5.41) is 2.79. The van der Waals surface area contributed by atoms with Crippen molar-refractivity contribution in [1.29, 1.82) is 0 Å². The summed E-state index contributed by atoms with van der Waals surface area (Å²) in [5.41, 5.74) is 0.453. The Kier molecular flexibility index (Phi) is 6.89. The van der Waals surface area contributed by atoms with Gasteiger partial charge in [-0.25, -0.2) is 4.79 Å². The van der Waals surface area contributed by atoms with Gasteiger partial charge in [0.25, 0.3) is 0 Å². The minimum Gasteiger partial charge on any atom is -0.494 e. The second-order valence-corrected chi connectivity index (χ2v) is 6.09. The Bertz CT molecular complexity index is 476. The Labute approximate surface area is 132 Å². The third-order valence-corrected chi connectivity index (χ3v) is 2.85. The number of hydrogen-bond donors (Lipinski definition) is 1. The maximum absolute atomic E-state index is 11.7.